The zero-order valence-corrected chi connectivity index (χ0v) is 8.19. The van der Waals surface area contributed by atoms with Crippen LogP contribution in [0, 0.1) is 0 Å². The van der Waals surface area contributed by atoms with Gasteiger partial charge < -0.3 is 9.05 Å². The molecule has 1 atom stereocenters. The van der Waals surface area contributed by atoms with Gasteiger partial charge in [-0.1, -0.05) is 0 Å². The molecule has 4 nitrogen and oxygen atoms in total. The average molecular weight is 201 g/mol. The van der Waals surface area contributed by atoms with E-state index in [2.05, 4.69) is 9.05 Å². The van der Waals surface area contributed by atoms with Gasteiger partial charge in [-0.15, -0.1) is 11.6 Å². The fraction of sp³-hybridized carbons (Fsp3) is 0.800. The zero-order chi connectivity index (χ0) is 9.07. The molecule has 11 heavy (non-hydrogen) atoms. The van der Waals surface area contributed by atoms with Crippen LogP contribution in [0.1, 0.15) is 6.92 Å². The Kier molecular flexibility index (Phi) is 4.26. The molecule has 0 aliphatic carbocycles. The van der Waals surface area contributed by atoms with Gasteiger partial charge in [0.05, 0.1) is 0 Å². The standard InChI is InChI=1S/C5H10ClO4P/c1-4(7)5(6)11(8,9-2)10-3/h5H,1-3H3. The number of carbonyl (C=O) groups is 1. The molecule has 1 unspecified atom stereocenters. The molecule has 0 rings (SSSR count). The van der Waals surface area contributed by atoms with Crippen molar-refractivity contribution in [3.05, 3.63) is 0 Å². The van der Waals surface area contributed by atoms with E-state index < -0.39 is 18.5 Å². The topological polar surface area (TPSA) is 52.6 Å². The molecule has 0 aromatic carbocycles. The summed E-state index contributed by atoms with van der Waals surface area (Å²) >= 11 is 5.46. The van der Waals surface area contributed by atoms with Gasteiger partial charge in [-0.2, -0.15) is 0 Å². The van der Waals surface area contributed by atoms with Crippen molar-refractivity contribution < 1.29 is 18.4 Å². The Labute approximate surface area is 70.4 Å². The smallest absolute Gasteiger partial charge is 0.311 e. The van der Waals surface area contributed by atoms with E-state index in [0.29, 0.717) is 0 Å². The Hall–Kier alpha value is 0.110. The lowest BCUT2D eigenvalue weighted by atomic mass is 10.5. The summed E-state index contributed by atoms with van der Waals surface area (Å²) in [5.41, 5.74) is 0. The predicted molar refractivity (Wildman–Crippen MR) is 41.9 cm³/mol. The van der Waals surface area contributed by atoms with Gasteiger partial charge in [-0.25, -0.2) is 0 Å². The second kappa shape index (κ2) is 4.21. The summed E-state index contributed by atoms with van der Waals surface area (Å²) in [6.45, 7) is 1.22. The highest BCUT2D eigenvalue weighted by Gasteiger charge is 2.35. The number of rotatable bonds is 4. The Balaban J connectivity index is 4.51. The quantitative estimate of drug-likeness (QED) is 0.511. The molecule has 0 heterocycles. The molecule has 0 saturated carbocycles. The number of hydrogen-bond acceptors (Lipinski definition) is 4. The summed E-state index contributed by atoms with van der Waals surface area (Å²) in [5.74, 6) is -0.432. The summed E-state index contributed by atoms with van der Waals surface area (Å²) in [4.78, 5) is 10.6. The molecule has 0 radical (unpaired) electrons. The normalized spacial score (nSPS) is 14.5. The lowest BCUT2D eigenvalue weighted by Gasteiger charge is -2.16. The van der Waals surface area contributed by atoms with E-state index in [1.165, 1.54) is 21.1 Å². The largest absolute Gasteiger partial charge is 0.355 e. The van der Waals surface area contributed by atoms with Crippen molar-refractivity contribution in [2.45, 2.75) is 12.0 Å². The Morgan fingerprint density at radius 3 is 1.91 bits per heavy atom. The average Bonchev–Trinajstić information content (AvgIpc) is 2.01. The molecule has 0 aliphatic heterocycles. The number of hydrogen-bond donors (Lipinski definition) is 0. The first-order chi connectivity index (χ1) is 4.98. The predicted octanol–water partition coefficient (Wildman–Crippen LogP) is 1.63. The van der Waals surface area contributed by atoms with Crippen LogP contribution in [0.3, 0.4) is 0 Å². The third-order valence-corrected chi connectivity index (χ3v) is 4.08. The molecule has 6 heteroatoms. The molecular weight excluding hydrogens is 190 g/mol. The van der Waals surface area contributed by atoms with Crippen LogP contribution in [0.25, 0.3) is 0 Å². The number of Topliss-reactive ketones (excluding diaryl/α,β-unsaturated/α-hetero) is 1. The van der Waals surface area contributed by atoms with Gasteiger partial charge in [-0.05, 0) is 6.92 Å². The molecule has 0 bridgehead atoms. The monoisotopic (exact) mass is 200 g/mol. The van der Waals surface area contributed by atoms with Gasteiger partial charge in [0.1, 0.15) is 0 Å². The van der Waals surface area contributed by atoms with Crippen molar-refractivity contribution in [1.82, 2.24) is 0 Å². The molecule has 0 aromatic rings. The zero-order valence-electron chi connectivity index (χ0n) is 6.54. The van der Waals surface area contributed by atoms with Crippen molar-refractivity contribution in [2.24, 2.45) is 0 Å². The van der Waals surface area contributed by atoms with Crippen LogP contribution in [-0.2, 0) is 18.4 Å². The lowest BCUT2D eigenvalue weighted by molar-refractivity contribution is -0.115. The molecule has 0 aromatic heterocycles. The van der Waals surface area contributed by atoms with E-state index >= 15 is 0 Å². The van der Waals surface area contributed by atoms with Crippen LogP contribution >= 0.6 is 19.2 Å². The fourth-order valence-corrected chi connectivity index (χ4v) is 1.92. The first-order valence-corrected chi connectivity index (χ1v) is 4.88. The number of alkyl halides is 1. The van der Waals surface area contributed by atoms with Crippen LogP contribution in [0.15, 0.2) is 0 Å². The maximum absolute atomic E-state index is 11.3. The minimum atomic E-state index is -3.41. The number of halogens is 1. The highest BCUT2D eigenvalue weighted by Crippen LogP contribution is 2.53. The maximum atomic E-state index is 11.3. The van der Waals surface area contributed by atoms with Crippen molar-refractivity contribution in [2.75, 3.05) is 14.2 Å². The van der Waals surface area contributed by atoms with Crippen LogP contribution in [-0.4, -0.2) is 25.1 Å². The number of ketones is 1. The minimum absolute atomic E-state index is 0.432. The second-order valence-electron chi connectivity index (χ2n) is 1.85. The fourth-order valence-electron chi connectivity index (χ4n) is 0.482. The Morgan fingerprint density at radius 2 is 1.82 bits per heavy atom. The third-order valence-electron chi connectivity index (χ3n) is 1.12. The summed E-state index contributed by atoms with van der Waals surface area (Å²) in [5, 5.41) is -1.21. The van der Waals surface area contributed by atoms with Crippen molar-refractivity contribution in [3.8, 4) is 0 Å². The van der Waals surface area contributed by atoms with Crippen LogP contribution in [0.2, 0.25) is 0 Å². The summed E-state index contributed by atoms with van der Waals surface area (Å²) < 4.78 is 20.3. The van der Waals surface area contributed by atoms with E-state index in [1.54, 1.807) is 0 Å². The van der Waals surface area contributed by atoms with Gasteiger partial charge >= 0.3 is 7.60 Å². The van der Waals surface area contributed by atoms with E-state index in [0.717, 1.165) is 0 Å². The van der Waals surface area contributed by atoms with Crippen molar-refractivity contribution >= 4 is 25.0 Å². The van der Waals surface area contributed by atoms with Gasteiger partial charge in [0.25, 0.3) is 0 Å². The molecule has 0 N–H and O–H groups in total. The van der Waals surface area contributed by atoms with Crippen molar-refractivity contribution in [3.63, 3.8) is 0 Å². The first kappa shape index (κ1) is 11.1. The summed E-state index contributed by atoms with van der Waals surface area (Å²) in [6.07, 6.45) is 0. The minimum Gasteiger partial charge on any atom is -0.311 e. The summed E-state index contributed by atoms with van der Waals surface area (Å²) in [6, 6.07) is 0. The lowest BCUT2D eigenvalue weighted by Crippen LogP contribution is -2.12. The highest BCUT2D eigenvalue weighted by molar-refractivity contribution is 7.57. The van der Waals surface area contributed by atoms with Gasteiger partial charge in [0.15, 0.2) is 10.9 Å². The molecule has 0 saturated heterocycles. The Bertz CT molecular complexity index is 185. The molecular formula is C5H10ClO4P. The second-order valence-corrected chi connectivity index (χ2v) is 4.92. The van der Waals surface area contributed by atoms with Gasteiger partial charge in [0, 0.05) is 14.2 Å². The van der Waals surface area contributed by atoms with Crippen LogP contribution in [0.4, 0.5) is 0 Å². The SMILES string of the molecule is COP(=O)(OC)C(Cl)C(C)=O. The molecule has 0 spiro atoms. The van der Waals surface area contributed by atoms with Crippen LogP contribution in [0.5, 0.6) is 0 Å². The van der Waals surface area contributed by atoms with Crippen molar-refractivity contribution in [1.29, 1.82) is 0 Å². The first-order valence-electron chi connectivity index (χ1n) is 2.83. The van der Waals surface area contributed by atoms with E-state index in [4.69, 9.17) is 11.6 Å². The molecule has 0 fully saturated rings. The highest BCUT2D eigenvalue weighted by atomic mass is 35.5. The Morgan fingerprint density at radius 1 is 1.45 bits per heavy atom. The third kappa shape index (κ3) is 2.56. The van der Waals surface area contributed by atoms with Gasteiger partial charge in [-0.3, -0.25) is 9.36 Å². The van der Waals surface area contributed by atoms with E-state index in [9.17, 15) is 9.36 Å². The molecule has 0 amide bonds. The van der Waals surface area contributed by atoms with E-state index in [1.807, 2.05) is 0 Å². The van der Waals surface area contributed by atoms with Gasteiger partial charge in [0.2, 0.25) is 0 Å². The summed E-state index contributed by atoms with van der Waals surface area (Å²) in [7, 11) is -1.05. The van der Waals surface area contributed by atoms with Crippen LogP contribution < -0.4 is 0 Å². The van der Waals surface area contributed by atoms with E-state index in [-0.39, 0.29) is 0 Å². The number of carbonyl (C=O) groups excluding carboxylic acids is 1. The molecule has 66 valence electrons. The molecule has 0 aliphatic rings. The maximum Gasteiger partial charge on any atom is 0.355 e.